The maximum absolute atomic E-state index is 14.2. The molecule has 178 valence electrons. The molecule has 3 aromatic rings. The third-order valence-electron chi connectivity index (χ3n) is 6.18. The van der Waals surface area contributed by atoms with Crippen molar-refractivity contribution in [1.29, 1.82) is 0 Å². The molecule has 1 aromatic carbocycles. The van der Waals surface area contributed by atoms with Crippen molar-refractivity contribution < 1.29 is 27.4 Å². The molecular weight excluding hydrogens is 438 g/mol. The van der Waals surface area contributed by atoms with Crippen LogP contribution in [0.1, 0.15) is 62.7 Å². The molecule has 0 amide bonds. The molecule has 0 aliphatic carbocycles. The lowest BCUT2D eigenvalue weighted by molar-refractivity contribution is -0.266. The fourth-order valence-electron chi connectivity index (χ4n) is 4.54. The Morgan fingerprint density at radius 2 is 1.91 bits per heavy atom. The van der Waals surface area contributed by atoms with Crippen molar-refractivity contribution >= 4 is 11.0 Å². The number of rotatable bonds is 6. The zero-order valence-electron chi connectivity index (χ0n) is 19.0. The predicted octanol–water partition coefficient (Wildman–Crippen LogP) is 5.36. The molecule has 0 radical (unpaired) electrons. The van der Waals surface area contributed by atoms with Crippen molar-refractivity contribution in [2.75, 3.05) is 6.61 Å². The van der Waals surface area contributed by atoms with Gasteiger partial charge in [-0.3, -0.25) is 0 Å². The lowest BCUT2D eigenvalue weighted by atomic mass is 9.72. The average molecular weight is 465 g/mol. The maximum Gasteiger partial charge on any atom is 0.417 e. The minimum absolute atomic E-state index is 0.0656. The Morgan fingerprint density at radius 1 is 1.18 bits per heavy atom. The molecule has 0 spiro atoms. The Morgan fingerprint density at radius 3 is 2.58 bits per heavy atom. The van der Waals surface area contributed by atoms with Crippen molar-refractivity contribution in [3.05, 3.63) is 52.9 Å². The van der Waals surface area contributed by atoms with Gasteiger partial charge in [-0.1, -0.05) is 27.7 Å². The van der Waals surface area contributed by atoms with Crippen LogP contribution < -0.4 is 4.74 Å². The summed E-state index contributed by atoms with van der Waals surface area (Å²) in [6.07, 6.45) is -4.28. The summed E-state index contributed by atoms with van der Waals surface area (Å²) >= 11 is 0. The second-order valence-electron chi connectivity index (χ2n) is 9.78. The number of nitrogens with one attached hydrogen (secondary N) is 1. The number of fused-ring (bicyclic) bond motifs is 2. The van der Waals surface area contributed by atoms with Gasteiger partial charge in [0.05, 0.1) is 23.8 Å². The van der Waals surface area contributed by atoms with Gasteiger partial charge in [0.25, 0.3) is 0 Å². The van der Waals surface area contributed by atoms with E-state index in [4.69, 9.17) is 4.74 Å². The number of ether oxygens (including phenoxy) is 1. The Kier molecular flexibility index (Phi) is 5.67. The molecule has 1 aliphatic heterocycles. The first kappa shape index (κ1) is 23.5. The highest BCUT2D eigenvalue weighted by molar-refractivity contribution is 5.75. The molecule has 1 aliphatic rings. The van der Waals surface area contributed by atoms with E-state index < -0.39 is 35.9 Å². The largest absolute Gasteiger partial charge is 0.493 e. The number of aromatic amines is 1. The number of nitrogens with zero attached hydrogens (tertiary/aromatic N) is 2. The first-order chi connectivity index (χ1) is 15.3. The Labute approximate surface area is 189 Å². The van der Waals surface area contributed by atoms with E-state index in [0.717, 1.165) is 0 Å². The van der Waals surface area contributed by atoms with E-state index in [9.17, 15) is 22.7 Å². The topological polar surface area (TPSA) is 71.0 Å². The van der Waals surface area contributed by atoms with Gasteiger partial charge in [-0.15, -0.1) is 0 Å². The van der Waals surface area contributed by atoms with E-state index in [1.165, 1.54) is 24.4 Å². The van der Waals surface area contributed by atoms with Gasteiger partial charge in [0.2, 0.25) is 0 Å². The molecule has 2 aromatic heterocycles. The Bertz CT molecular complexity index is 1190. The van der Waals surface area contributed by atoms with E-state index in [1.54, 1.807) is 13.8 Å². The van der Waals surface area contributed by atoms with Crippen LogP contribution in [-0.2, 0) is 18.3 Å². The van der Waals surface area contributed by atoms with Crippen molar-refractivity contribution in [3.63, 3.8) is 0 Å². The summed E-state index contributed by atoms with van der Waals surface area (Å²) in [5, 5.41) is 11.0. The monoisotopic (exact) mass is 465 g/mol. The summed E-state index contributed by atoms with van der Waals surface area (Å²) < 4.78 is 62.5. The molecule has 0 saturated heterocycles. The van der Waals surface area contributed by atoms with Crippen LogP contribution in [0.5, 0.6) is 5.75 Å². The second kappa shape index (κ2) is 7.97. The summed E-state index contributed by atoms with van der Waals surface area (Å²) in [6, 6.07) is 4.05. The zero-order valence-corrected chi connectivity index (χ0v) is 19.0. The van der Waals surface area contributed by atoms with Crippen LogP contribution in [0.2, 0.25) is 0 Å². The van der Waals surface area contributed by atoms with Gasteiger partial charge in [-0.05, 0) is 30.0 Å². The highest BCUT2D eigenvalue weighted by atomic mass is 19.4. The van der Waals surface area contributed by atoms with Crippen molar-refractivity contribution in [1.82, 2.24) is 15.0 Å². The van der Waals surface area contributed by atoms with Crippen LogP contribution >= 0.6 is 0 Å². The second-order valence-corrected chi connectivity index (χ2v) is 9.78. The number of benzene rings is 1. The number of alkyl halides is 3. The number of halogens is 4. The lowest BCUT2D eigenvalue weighted by Crippen LogP contribution is -2.51. The third-order valence-corrected chi connectivity index (χ3v) is 6.18. The number of aliphatic hydroxyl groups is 1. The van der Waals surface area contributed by atoms with Gasteiger partial charge in [-0.25, -0.2) is 14.4 Å². The number of H-pyrrole nitrogens is 1. The highest BCUT2D eigenvalue weighted by Gasteiger charge is 2.56. The van der Waals surface area contributed by atoms with Crippen molar-refractivity contribution in [2.24, 2.45) is 0 Å². The molecule has 5 nitrogen and oxygen atoms in total. The minimum atomic E-state index is -4.92. The summed E-state index contributed by atoms with van der Waals surface area (Å²) in [6.45, 7) is 7.32. The number of hydrogen-bond acceptors (Lipinski definition) is 4. The maximum atomic E-state index is 14.2. The van der Waals surface area contributed by atoms with Gasteiger partial charge in [0.1, 0.15) is 17.4 Å². The van der Waals surface area contributed by atoms with Gasteiger partial charge in [0, 0.05) is 35.6 Å². The van der Waals surface area contributed by atoms with Crippen molar-refractivity contribution in [2.45, 2.75) is 70.1 Å². The molecule has 9 heteroatoms. The SMILES string of the molecule is CC(C)c1ncc2[nH]c(CC(O)(CC(C)(C)c3cc(F)cc4c3OCC4)C(F)(F)F)cc2n1. The molecular formula is C24H27F4N3O2. The molecule has 4 rings (SSSR count). The molecule has 33 heavy (non-hydrogen) atoms. The molecule has 1 atom stereocenters. The van der Waals surface area contributed by atoms with E-state index >= 15 is 0 Å². The molecule has 0 saturated carbocycles. The fourth-order valence-corrected chi connectivity index (χ4v) is 4.54. The summed E-state index contributed by atoms with van der Waals surface area (Å²) in [5.74, 6) is 0.525. The molecule has 2 N–H and O–H groups in total. The third kappa shape index (κ3) is 4.43. The normalized spacial score (nSPS) is 16.2. The highest BCUT2D eigenvalue weighted by Crippen LogP contribution is 2.46. The van der Waals surface area contributed by atoms with Crippen LogP contribution in [-0.4, -0.2) is 38.4 Å². The van der Waals surface area contributed by atoms with Crippen LogP contribution in [0.25, 0.3) is 11.0 Å². The summed E-state index contributed by atoms with van der Waals surface area (Å²) in [4.78, 5) is 11.5. The molecule has 0 bridgehead atoms. The number of aromatic nitrogens is 3. The Balaban J connectivity index is 1.69. The summed E-state index contributed by atoms with van der Waals surface area (Å²) in [5.41, 5.74) is -2.17. The lowest BCUT2D eigenvalue weighted by Gasteiger charge is -2.38. The van der Waals surface area contributed by atoms with Crippen molar-refractivity contribution in [3.8, 4) is 5.75 Å². The van der Waals surface area contributed by atoms with E-state index in [2.05, 4.69) is 15.0 Å². The molecule has 1 unspecified atom stereocenters. The van der Waals surface area contributed by atoms with Gasteiger partial charge in [-0.2, -0.15) is 13.2 Å². The summed E-state index contributed by atoms with van der Waals surface area (Å²) in [7, 11) is 0. The van der Waals surface area contributed by atoms with Gasteiger partial charge in [0.15, 0.2) is 5.60 Å². The van der Waals surface area contributed by atoms with Gasteiger partial charge >= 0.3 is 6.18 Å². The predicted molar refractivity (Wildman–Crippen MR) is 116 cm³/mol. The van der Waals surface area contributed by atoms with Gasteiger partial charge < -0.3 is 14.8 Å². The molecule has 0 fully saturated rings. The smallest absolute Gasteiger partial charge is 0.417 e. The first-order valence-corrected chi connectivity index (χ1v) is 10.9. The quantitative estimate of drug-likeness (QED) is 0.481. The van der Waals surface area contributed by atoms with Crippen LogP contribution in [0.4, 0.5) is 17.6 Å². The zero-order chi connectivity index (χ0) is 24.2. The van der Waals surface area contributed by atoms with Crippen LogP contribution in [0.3, 0.4) is 0 Å². The van der Waals surface area contributed by atoms with E-state index in [-0.39, 0.29) is 11.6 Å². The first-order valence-electron chi connectivity index (χ1n) is 10.9. The average Bonchev–Trinajstić information content (AvgIpc) is 3.30. The molecule has 3 heterocycles. The van der Waals surface area contributed by atoms with E-state index in [1.807, 2.05) is 13.8 Å². The minimum Gasteiger partial charge on any atom is -0.493 e. The van der Waals surface area contributed by atoms with E-state index in [0.29, 0.717) is 46.8 Å². The van der Waals surface area contributed by atoms with Crippen LogP contribution in [0.15, 0.2) is 24.4 Å². The fraction of sp³-hybridized carbons (Fsp3) is 0.500. The Hall–Kier alpha value is -2.68. The number of hydrogen-bond donors (Lipinski definition) is 2. The standard InChI is InChI=1S/C24H27F4N3O2/c1-13(2)21-29-11-19-18(31-21)9-16(30-19)10-23(32,24(26,27)28)12-22(3,4)17-8-15(25)7-14-5-6-33-20(14)17/h7-9,11,13,30,32H,5-6,10,12H2,1-4H3. The van der Waals surface area contributed by atoms with Crippen LogP contribution in [0, 0.1) is 5.82 Å².